The number of aryl methyl sites for hydroxylation is 1. The van der Waals surface area contributed by atoms with Gasteiger partial charge in [-0.15, -0.1) is 0 Å². The minimum Gasteiger partial charge on any atom is -0.340 e. The number of hydrogen-bond donors (Lipinski definition) is 0. The Bertz CT molecular complexity index is 609. The van der Waals surface area contributed by atoms with Crippen LogP contribution in [0.25, 0.3) is 0 Å². The first-order valence-corrected chi connectivity index (χ1v) is 7.34. The van der Waals surface area contributed by atoms with E-state index in [0.29, 0.717) is 24.7 Å². The van der Waals surface area contributed by atoms with Gasteiger partial charge in [-0.25, -0.2) is 0 Å². The van der Waals surface area contributed by atoms with Crippen LogP contribution in [0.4, 0.5) is 0 Å². The quantitative estimate of drug-likeness (QED) is 0.870. The van der Waals surface area contributed by atoms with Crippen molar-refractivity contribution in [3.63, 3.8) is 0 Å². The number of benzene rings is 1. The van der Waals surface area contributed by atoms with Crippen molar-refractivity contribution in [1.82, 2.24) is 15.0 Å². The van der Waals surface area contributed by atoms with Crippen LogP contribution in [-0.4, -0.2) is 27.5 Å². The molecular weight excluding hydrogens is 266 g/mol. The van der Waals surface area contributed by atoms with E-state index in [1.54, 1.807) is 6.92 Å². The van der Waals surface area contributed by atoms with E-state index >= 15 is 0 Å². The number of likely N-dealkylation sites (tertiary alicyclic amines) is 1. The highest BCUT2D eigenvalue weighted by atomic mass is 16.5. The highest BCUT2D eigenvalue weighted by Crippen LogP contribution is 2.27. The van der Waals surface area contributed by atoms with Crippen molar-refractivity contribution in [2.75, 3.05) is 6.54 Å². The molecule has 2 heterocycles. The fraction of sp³-hybridized carbons (Fsp3) is 0.438. The molecule has 0 aliphatic carbocycles. The third-order valence-electron chi connectivity index (χ3n) is 3.88. The predicted molar refractivity (Wildman–Crippen MR) is 77.5 cm³/mol. The molecule has 0 N–H and O–H groups in total. The second-order valence-corrected chi connectivity index (χ2v) is 5.52. The van der Waals surface area contributed by atoms with Gasteiger partial charge < -0.3 is 9.42 Å². The molecule has 1 unspecified atom stereocenters. The SMILES string of the molecule is Cc1nc(C2CCCN(Cc3ccccc3)C(=O)C2)no1. The first kappa shape index (κ1) is 13.8. The van der Waals surface area contributed by atoms with Gasteiger partial charge in [0.25, 0.3) is 0 Å². The van der Waals surface area contributed by atoms with Gasteiger partial charge in [-0.05, 0) is 18.4 Å². The van der Waals surface area contributed by atoms with Crippen molar-refractivity contribution in [3.05, 3.63) is 47.6 Å². The second-order valence-electron chi connectivity index (χ2n) is 5.52. The summed E-state index contributed by atoms with van der Waals surface area (Å²) in [5.41, 5.74) is 1.17. The molecular formula is C16H19N3O2. The molecule has 5 heteroatoms. The van der Waals surface area contributed by atoms with Crippen molar-refractivity contribution in [3.8, 4) is 0 Å². The van der Waals surface area contributed by atoms with Crippen LogP contribution in [0.2, 0.25) is 0 Å². The molecule has 0 spiro atoms. The van der Waals surface area contributed by atoms with Crippen LogP contribution >= 0.6 is 0 Å². The molecule has 1 aromatic heterocycles. The smallest absolute Gasteiger partial charge is 0.223 e. The van der Waals surface area contributed by atoms with Gasteiger partial charge in [0.1, 0.15) is 0 Å². The number of aromatic nitrogens is 2. The van der Waals surface area contributed by atoms with E-state index in [1.807, 2.05) is 23.1 Å². The summed E-state index contributed by atoms with van der Waals surface area (Å²) in [5, 5.41) is 3.97. The maximum absolute atomic E-state index is 12.4. The molecule has 1 amide bonds. The Morgan fingerprint density at radius 1 is 1.33 bits per heavy atom. The Morgan fingerprint density at radius 3 is 2.86 bits per heavy atom. The minimum absolute atomic E-state index is 0.0794. The van der Waals surface area contributed by atoms with Crippen LogP contribution in [-0.2, 0) is 11.3 Å². The molecule has 1 fully saturated rings. The van der Waals surface area contributed by atoms with Crippen LogP contribution in [0.1, 0.15) is 42.5 Å². The Morgan fingerprint density at radius 2 is 2.14 bits per heavy atom. The van der Waals surface area contributed by atoms with Gasteiger partial charge >= 0.3 is 0 Å². The monoisotopic (exact) mass is 285 g/mol. The Kier molecular flexibility index (Phi) is 3.99. The number of nitrogens with zero attached hydrogens (tertiary/aromatic N) is 3. The average molecular weight is 285 g/mol. The number of hydrogen-bond acceptors (Lipinski definition) is 4. The molecule has 110 valence electrons. The Labute approximate surface area is 124 Å². The Hall–Kier alpha value is -2.17. The lowest BCUT2D eigenvalue weighted by Crippen LogP contribution is -2.30. The molecule has 3 rings (SSSR count). The summed E-state index contributed by atoms with van der Waals surface area (Å²) < 4.78 is 5.03. The van der Waals surface area contributed by atoms with E-state index < -0.39 is 0 Å². The molecule has 0 saturated carbocycles. The minimum atomic E-state index is 0.0794. The zero-order valence-electron chi connectivity index (χ0n) is 12.2. The molecule has 1 saturated heterocycles. The summed E-state index contributed by atoms with van der Waals surface area (Å²) in [4.78, 5) is 18.7. The Balaban J connectivity index is 1.68. The standard InChI is InChI=1S/C16H19N3O2/c1-12-17-16(18-21-12)14-8-5-9-19(15(20)10-14)11-13-6-3-2-4-7-13/h2-4,6-7,14H,5,8-11H2,1H3. The molecule has 5 nitrogen and oxygen atoms in total. The van der Waals surface area contributed by atoms with Crippen molar-refractivity contribution < 1.29 is 9.32 Å². The number of carbonyl (C=O) groups excluding carboxylic acids is 1. The van der Waals surface area contributed by atoms with Crippen LogP contribution in [0.5, 0.6) is 0 Å². The zero-order chi connectivity index (χ0) is 14.7. The first-order valence-electron chi connectivity index (χ1n) is 7.34. The molecule has 21 heavy (non-hydrogen) atoms. The van der Waals surface area contributed by atoms with Gasteiger partial charge in [0.15, 0.2) is 5.82 Å². The largest absolute Gasteiger partial charge is 0.340 e. The maximum atomic E-state index is 12.4. The van der Waals surface area contributed by atoms with Crippen molar-refractivity contribution in [2.45, 2.75) is 38.6 Å². The van der Waals surface area contributed by atoms with Gasteiger partial charge in [-0.1, -0.05) is 35.5 Å². The van der Waals surface area contributed by atoms with E-state index in [9.17, 15) is 4.79 Å². The fourth-order valence-electron chi connectivity index (χ4n) is 2.77. The third kappa shape index (κ3) is 3.29. The van der Waals surface area contributed by atoms with Crippen LogP contribution in [0.3, 0.4) is 0 Å². The molecule has 1 aliphatic heterocycles. The van der Waals surface area contributed by atoms with Gasteiger partial charge in [0.05, 0.1) is 0 Å². The van der Waals surface area contributed by atoms with E-state index in [2.05, 4.69) is 22.3 Å². The van der Waals surface area contributed by atoms with Crippen LogP contribution in [0.15, 0.2) is 34.9 Å². The van der Waals surface area contributed by atoms with Crippen molar-refractivity contribution in [2.24, 2.45) is 0 Å². The van der Waals surface area contributed by atoms with Gasteiger partial charge in [0, 0.05) is 32.4 Å². The summed E-state index contributed by atoms with van der Waals surface area (Å²) in [6.45, 7) is 3.25. The maximum Gasteiger partial charge on any atom is 0.223 e. The highest BCUT2D eigenvalue weighted by molar-refractivity contribution is 5.77. The zero-order valence-corrected chi connectivity index (χ0v) is 12.2. The van der Waals surface area contributed by atoms with Gasteiger partial charge in [-0.3, -0.25) is 4.79 Å². The first-order chi connectivity index (χ1) is 10.2. The fourth-order valence-corrected chi connectivity index (χ4v) is 2.77. The number of amides is 1. The highest BCUT2D eigenvalue weighted by Gasteiger charge is 2.27. The van der Waals surface area contributed by atoms with Crippen molar-refractivity contribution >= 4 is 5.91 Å². The third-order valence-corrected chi connectivity index (χ3v) is 3.88. The summed E-state index contributed by atoms with van der Waals surface area (Å²) in [7, 11) is 0. The van der Waals surface area contributed by atoms with Gasteiger partial charge in [-0.2, -0.15) is 4.98 Å². The molecule has 0 radical (unpaired) electrons. The molecule has 1 aliphatic rings. The van der Waals surface area contributed by atoms with E-state index in [4.69, 9.17) is 4.52 Å². The molecule has 1 atom stereocenters. The van der Waals surface area contributed by atoms with Gasteiger partial charge in [0.2, 0.25) is 11.8 Å². The van der Waals surface area contributed by atoms with Crippen molar-refractivity contribution in [1.29, 1.82) is 0 Å². The summed E-state index contributed by atoms with van der Waals surface area (Å²) in [6, 6.07) is 10.1. The van der Waals surface area contributed by atoms with E-state index in [-0.39, 0.29) is 11.8 Å². The second kappa shape index (κ2) is 6.08. The summed E-state index contributed by atoms with van der Waals surface area (Å²) >= 11 is 0. The summed E-state index contributed by atoms with van der Waals surface area (Å²) in [6.07, 6.45) is 2.36. The lowest BCUT2D eigenvalue weighted by molar-refractivity contribution is -0.131. The summed E-state index contributed by atoms with van der Waals surface area (Å²) in [5.74, 6) is 1.48. The molecule has 0 bridgehead atoms. The number of rotatable bonds is 3. The molecule has 1 aromatic carbocycles. The topological polar surface area (TPSA) is 59.2 Å². The van der Waals surface area contributed by atoms with Crippen LogP contribution < -0.4 is 0 Å². The predicted octanol–water partition coefficient (Wildman–Crippen LogP) is 2.67. The lowest BCUT2D eigenvalue weighted by Gasteiger charge is -2.20. The van der Waals surface area contributed by atoms with E-state index in [0.717, 1.165) is 19.4 Å². The van der Waals surface area contributed by atoms with Crippen LogP contribution in [0, 0.1) is 6.92 Å². The molecule has 2 aromatic rings. The van der Waals surface area contributed by atoms with E-state index in [1.165, 1.54) is 5.56 Å². The normalized spacial score (nSPS) is 19.6. The lowest BCUT2D eigenvalue weighted by atomic mass is 10.00. The number of carbonyl (C=O) groups is 1. The average Bonchev–Trinajstić information content (AvgIpc) is 2.84.